The van der Waals surface area contributed by atoms with Gasteiger partial charge in [0.25, 0.3) is 0 Å². The minimum atomic E-state index is -0.763. The molecule has 0 aliphatic carbocycles. The summed E-state index contributed by atoms with van der Waals surface area (Å²) in [5.41, 5.74) is 1.90. The molecule has 2 fully saturated rings. The summed E-state index contributed by atoms with van der Waals surface area (Å²) < 4.78 is 0. The second kappa shape index (κ2) is 6.20. The minimum Gasteiger partial charge on any atom is -0.481 e. The third-order valence-corrected chi connectivity index (χ3v) is 4.75. The van der Waals surface area contributed by atoms with Gasteiger partial charge in [-0.2, -0.15) is 0 Å². The van der Waals surface area contributed by atoms with E-state index in [0.717, 1.165) is 17.8 Å². The van der Waals surface area contributed by atoms with E-state index < -0.39 is 5.97 Å². The van der Waals surface area contributed by atoms with Gasteiger partial charge < -0.3 is 15.3 Å². The number of carbonyl (C=O) groups excluding carboxylic acids is 1. The first-order valence-corrected chi connectivity index (χ1v) is 8.12. The van der Waals surface area contributed by atoms with Gasteiger partial charge in [0, 0.05) is 31.7 Å². The fourth-order valence-electron chi connectivity index (χ4n) is 3.45. The molecule has 0 aromatic heterocycles. The maximum atomic E-state index is 12.6. The lowest BCUT2D eigenvalue weighted by molar-refractivity contribution is -0.141. The Hall–Kier alpha value is -2.08. The number of benzene rings is 1. The number of carbonyl (C=O) groups is 2. The van der Waals surface area contributed by atoms with Gasteiger partial charge in [-0.1, -0.05) is 18.2 Å². The highest BCUT2D eigenvalue weighted by Crippen LogP contribution is 2.35. The minimum absolute atomic E-state index is 0.0202. The van der Waals surface area contributed by atoms with Crippen molar-refractivity contribution in [3.8, 4) is 0 Å². The monoisotopic (exact) mass is 317 g/mol. The molecule has 2 N–H and O–H groups in total. The largest absolute Gasteiger partial charge is 0.481 e. The second-order valence-electron chi connectivity index (χ2n) is 6.51. The lowest BCUT2D eigenvalue weighted by Crippen LogP contribution is -2.36. The van der Waals surface area contributed by atoms with Crippen molar-refractivity contribution >= 4 is 17.7 Å². The summed E-state index contributed by atoms with van der Waals surface area (Å²) in [4.78, 5) is 27.5. The predicted octanol–water partition coefficient (Wildman–Crippen LogP) is 2.07. The lowest BCUT2D eigenvalue weighted by atomic mass is 9.98. The molecule has 23 heavy (non-hydrogen) atoms. The van der Waals surface area contributed by atoms with Crippen LogP contribution in [0.2, 0.25) is 0 Å². The van der Waals surface area contributed by atoms with Crippen LogP contribution in [0, 0.1) is 5.92 Å². The standard InChI is InChI=1S/C17H23N3O3/c1-11(2)19-7-8-20(17(19)23)15-6-4-3-5-13(15)14-9-12(10-18-14)16(21)22/h3-6,11-12,14,18H,7-10H2,1-2H3,(H,21,22). The van der Waals surface area contributed by atoms with E-state index in [0.29, 0.717) is 19.5 Å². The van der Waals surface area contributed by atoms with Gasteiger partial charge in [-0.25, -0.2) is 4.79 Å². The smallest absolute Gasteiger partial charge is 0.324 e. The fourth-order valence-corrected chi connectivity index (χ4v) is 3.45. The number of nitrogens with zero attached hydrogens (tertiary/aromatic N) is 2. The molecule has 2 saturated heterocycles. The number of anilines is 1. The number of hydrogen-bond acceptors (Lipinski definition) is 3. The van der Waals surface area contributed by atoms with Crippen LogP contribution >= 0.6 is 0 Å². The number of nitrogens with one attached hydrogen (secondary N) is 1. The van der Waals surface area contributed by atoms with E-state index in [1.54, 1.807) is 0 Å². The highest BCUT2D eigenvalue weighted by Gasteiger charge is 2.36. The maximum absolute atomic E-state index is 12.6. The van der Waals surface area contributed by atoms with Crippen LogP contribution in [0.1, 0.15) is 31.9 Å². The third-order valence-electron chi connectivity index (χ3n) is 4.75. The summed E-state index contributed by atoms with van der Waals surface area (Å²) in [7, 11) is 0. The normalized spacial score (nSPS) is 24.7. The zero-order valence-electron chi connectivity index (χ0n) is 13.5. The second-order valence-corrected chi connectivity index (χ2v) is 6.51. The van der Waals surface area contributed by atoms with Crippen molar-refractivity contribution in [1.29, 1.82) is 0 Å². The Morgan fingerprint density at radius 2 is 2.04 bits per heavy atom. The molecule has 0 saturated carbocycles. The van der Waals surface area contributed by atoms with Crippen LogP contribution in [0.25, 0.3) is 0 Å². The molecule has 124 valence electrons. The molecule has 2 aliphatic heterocycles. The number of carboxylic acid groups (broad SMARTS) is 1. The maximum Gasteiger partial charge on any atom is 0.324 e. The van der Waals surface area contributed by atoms with Gasteiger partial charge in [-0.05, 0) is 31.9 Å². The highest BCUT2D eigenvalue weighted by atomic mass is 16.4. The molecule has 0 bridgehead atoms. The molecular formula is C17H23N3O3. The van der Waals surface area contributed by atoms with Crippen LogP contribution in [-0.2, 0) is 4.79 Å². The number of amides is 2. The van der Waals surface area contributed by atoms with Crippen molar-refractivity contribution in [3.05, 3.63) is 29.8 Å². The Morgan fingerprint density at radius 3 is 2.65 bits per heavy atom. The molecule has 6 nitrogen and oxygen atoms in total. The van der Waals surface area contributed by atoms with Crippen LogP contribution in [0.15, 0.2) is 24.3 Å². The molecule has 3 rings (SSSR count). The van der Waals surface area contributed by atoms with E-state index in [1.807, 2.05) is 47.9 Å². The van der Waals surface area contributed by atoms with E-state index in [-0.39, 0.29) is 24.0 Å². The number of para-hydroxylation sites is 1. The third kappa shape index (κ3) is 2.91. The summed E-state index contributed by atoms with van der Waals surface area (Å²) in [5.74, 6) is -1.13. The Morgan fingerprint density at radius 1 is 1.30 bits per heavy atom. The molecular weight excluding hydrogens is 294 g/mol. The zero-order chi connectivity index (χ0) is 16.6. The quantitative estimate of drug-likeness (QED) is 0.892. The van der Waals surface area contributed by atoms with Crippen molar-refractivity contribution < 1.29 is 14.7 Å². The summed E-state index contributed by atoms with van der Waals surface area (Å²) in [5, 5.41) is 12.5. The molecule has 0 spiro atoms. The Balaban J connectivity index is 1.85. The van der Waals surface area contributed by atoms with Crippen LogP contribution in [0.5, 0.6) is 0 Å². The van der Waals surface area contributed by atoms with Gasteiger partial charge in [0.1, 0.15) is 0 Å². The molecule has 6 heteroatoms. The van der Waals surface area contributed by atoms with Crippen LogP contribution < -0.4 is 10.2 Å². The van der Waals surface area contributed by atoms with Gasteiger partial charge in [0.05, 0.1) is 11.6 Å². The summed E-state index contributed by atoms with van der Waals surface area (Å²) >= 11 is 0. The molecule has 1 aromatic carbocycles. The number of urea groups is 1. The lowest BCUT2D eigenvalue weighted by Gasteiger charge is -2.25. The Kier molecular flexibility index (Phi) is 4.26. The Labute approximate surface area is 136 Å². The molecule has 2 aliphatic rings. The van der Waals surface area contributed by atoms with Crippen LogP contribution in [-0.4, -0.2) is 47.7 Å². The summed E-state index contributed by atoms with van der Waals surface area (Å²) in [6, 6.07) is 7.99. The van der Waals surface area contributed by atoms with Gasteiger partial charge in [0.15, 0.2) is 0 Å². The van der Waals surface area contributed by atoms with E-state index in [9.17, 15) is 14.7 Å². The Bertz CT molecular complexity index is 617. The zero-order valence-corrected chi connectivity index (χ0v) is 13.5. The molecule has 2 atom stereocenters. The van der Waals surface area contributed by atoms with Gasteiger partial charge in [-0.15, -0.1) is 0 Å². The van der Waals surface area contributed by atoms with Gasteiger partial charge >= 0.3 is 12.0 Å². The van der Waals surface area contributed by atoms with E-state index in [4.69, 9.17) is 0 Å². The van der Waals surface area contributed by atoms with E-state index >= 15 is 0 Å². The van der Waals surface area contributed by atoms with Crippen molar-refractivity contribution in [2.24, 2.45) is 5.92 Å². The molecule has 0 radical (unpaired) electrons. The number of aliphatic carboxylic acids is 1. The molecule has 2 unspecified atom stereocenters. The average Bonchev–Trinajstić information content (AvgIpc) is 3.14. The van der Waals surface area contributed by atoms with E-state index in [1.165, 1.54) is 0 Å². The molecule has 2 amide bonds. The predicted molar refractivity (Wildman–Crippen MR) is 87.5 cm³/mol. The number of hydrogen-bond donors (Lipinski definition) is 2. The average molecular weight is 317 g/mol. The highest BCUT2D eigenvalue weighted by molar-refractivity contribution is 5.95. The van der Waals surface area contributed by atoms with Crippen LogP contribution in [0.4, 0.5) is 10.5 Å². The first-order chi connectivity index (χ1) is 11.0. The summed E-state index contributed by atoms with van der Waals surface area (Å²) in [6.45, 7) is 5.90. The molecule has 2 heterocycles. The van der Waals surface area contributed by atoms with Crippen molar-refractivity contribution in [2.45, 2.75) is 32.4 Å². The van der Waals surface area contributed by atoms with E-state index in [2.05, 4.69) is 5.32 Å². The van der Waals surface area contributed by atoms with Gasteiger partial charge in [0.2, 0.25) is 0 Å². The van der Waals surface area contributed by atoms with Crippen molar-refractivity contribution in [2.75, 3.05) is 24.5 Å². The van der Waals surface area contributed by atoms with Crippen molar-refractivity contribution in [1.82, 2.24) is 10.2 Å². The number of carboxylic acids is 1. The molecule has 1 aromatic rings. The first kappa shape index (κ1) is 15.8. The first-order valence-electron chi connectivity index (χ1n) is 8.12. The van der Waals surface area contributed by atoms with Gasteiger partial charge in [-0.3, -0.25) is 9.69 Å². The summed E-state index contributed by atoms with van der Waals surface area (Å²) in [6.07, 6.45) is 0.558. The van der Waals surface area contributed by atoms with Crippen molar-refractivity contribution in [3.63, 3.8) is 0 Å². The SMILES string of the molecule is CC(C)N1CCN(c2ccccc2C2CC(C(=O)O)CN2)C1=O. The topological polar surface area (TPSA) is 72.9 Å². The van der Waals surface area contributed by atoms with Crippen LogP contribution in [0.3, 0.4) is 0 Å². The number of rotatable bonds is 4. The fraction of sp³-hybridized carbons (Fsp3) is 0.529.